The van der Waals surface area contributed by atoms with Gasteiger partial charge in [0.2, 0.25) is 6.79 Å². The average Bonchev–Trinajstić information content (AvgIpc) is 2.71. The van der Waals surface area contributed by atoms with E-state index in [0.29, 0.717) is 22.3 Å². The molecule has 0 N–H and O–H groups in total. The summed E-state index contributed by atoms with van der Waals surface area (Å²) in [6.45, 7) is 1.78. The number of hydrogen-bond donors (Lipinski definition) is 0. The van der Waals surface area contributed by atoms with Gasteiger partial charge in [0.15, 0.2) is 16.6 Å². The maximum Gasteiger partial charge on any atom is 0.231 e. The van der Waals surface area contributed by atoms with Crippen LogP contribution in [0.4, 0.5) is 0 Å². The van der Waals surface area contributed by atoms with Crippen molar-refractivity contribution in [2.75, 3.05) is 12.5 Å². The number of thioether (sulfide) groups is 1. The van der Waals surface area contributed by atoms with Crippen LogP contribution >= 0.6 is 23.4 Å². The molecule has 2 rings (SSSR count). The number of rotatable bonds is 3. The summed E-state index contributed by atoms with van der Waals surface area (Å²) in [6.07, 6.45) is 3.77. The number of fused-ring (bicyclic) bond motifs is 1. The van der Waals surface area contributed by atoms with Crippen LogP contribution in [-0.4, -0.2) is 17.7 Å². The molecule has 0 aromatic heterocycles. The van der Waals surface area contributed by atoms with E-state index < -0.39 is 0 Å². The van der Waals surface area contributed by atoms with E-state index in [1.54, 1.807) is 13.0 Å². The van der Waals surface area contributed by atoms with E-state index in [-0.39, 0.29) is 11.9 Å². The van der Waals surface area contributed by atoms with Crippen molar-refractivity contribution in [3.8, 4) is 11.5 Å². The molecule has 0 bridgehead atoms. The van der Waals surface area contributed by atoms with Crippen LogP contribution in [0.3, 0.4) is 0 Å². The van der Waals surface area contributed by atoms with Crippen molar-refractivity contribution < 1.29 is 14.3 Å². The van der Waals surface area contributed by atoms with Gasteiger partial charge in [-0.25, -0.2) is 0 Å². The molecule has 5 heteroatoms. The summed E-state index contributed by atoms with van der Waals surface area (Å²) in [5.74, 6) is 2.01. The third kappa shape index (κ3) is 3.17. The van der Waals surface area contributed by atoms with E-state index in [2.05, 4.69) is 0 Å². The summed E-state index contributed by atoms with van der Waals surface area (Å²) >= 11 is 7.35. The first-order chi connectivity index (χ1) is 8.16. The Bertz CT molecular complexity index is 471. The third-order valence-electron chi connectivity index (χ3n) is 2.17. The Kier molecular flexibility index (Phi) is 3.97. The Morgan fingerprint density at radius 2 is 2.18 bits per heavy atom. The zero-order chi connectivity index (χ0) is 12.3. The Morgan fingerprint density at radius 3 is 2.88 bits per heavy atom. The van der Waals surface area contributed by atoms with Gasteiger partial charge in [-0.05, 0) is 11.6 Å². The summed E-state index contributed by atoms with van der Waals surface area (Å²) in [5, 5.41) is 0.713. The Balaban J connectivity index is 2.08. The number of carbonyl (C=O) groups excluding carboxylic acids is 1. The van der Waals surface area contributed by atoms with Crippen LogP contribution in [0.2, 0.25) is 5.02 Å². The Hall–Kier alpha value is -1.13. The lowest BCUT2D eigenvalue weighted by atomic mass is 10.2. The number of halogens is 1. The molecule has 0 atom stereocenters. The highest BCUT2D eigenvalue weighted by atomic mass is 35.5. The second-order valence-corrected chi connectivity index (χ2v) is 5.04. The summed E-state index contributed by atoms with van der Waals surface area (Å²) in [4.78, 5) is 10.7. The van der Waals surface area contributed by atoms with Crippen molar-refractivity contribution in [2.45, 2.75) is 6.92 Å². The van der Waals surface area contributed by atoms with Gasteiger partial charge in [-0.3, -0.25) is 4.79 Å². The molecule has 1 heterocycles. The van der Waals surface area contributed by atoms with Gasteiger partial charge >= 0.3 is 0 Å². The average molecular weight is 271 g/mol. The largest absolute Gasteiger partial charge is 0.454 e. The van der Waals surface area contributed by atoms with Crippen molar-refractivity contribution in [3.05, 3.63) is 28.8 Å². The fourth-order valence-corrected chi connectivity index (χ4v) is 2.04. The summed E-state index contributed by atoms with van der Waals surface area (Å²) in [7, 11) is 0. The maximum atomic E-state index is 10.7. The zero-order valence-electron chi connectivity index (χ0n) is 9.23. The van der Waals surface area contributed by atoms with Gasteiger partial charge in [0.1, 0.15) is 0 Å². The SMILES string of the molecule is CC(=O)SCC=Cc1cc2c(cc1Cl)OCO2. The predicted octanol–water partition coefficient (Wildman–Crippen LogP) is 3.36. The van der Waals surface area contributed by atoms with Crippen molar-refractivity contribution in [1.29, 1.82) is 0 Å². The van der Waals surface area contributed by atoms with Crippen LogP contribution in [0.1, 0.15) is 12.5 Å². The first-order valence-corrected chi connectivity index (χ1v) is 6.42. The van der Waals surface area contributed by atoms with E-state index in [9.17, 15) is 4.79 Å². The number of hydrogen-bond acceptors (Lipinski definition) is 4. The second-order valence-electron chi connectivity index (χ2n) is 3.43. The quantitative estimate of drug-likeness (QED) is 0.844. The molecule has 0 aliphatic carbocycles. The van der Waals surface area contributed by atoms with Gasteiger partial charge < -0.3 is 9.47 Å². The standard InChI is InChI=1S/C12H11ClO3S/c1-8(14)17-4-2-3-9-5-11-12(6-10(9)13)16-7-15-11/h2-3,5-6H,4,7H2,1H3. The lowest BCUT2D eigenvalue weighted by Crippen LogP contribution is -1.92. The van der Waals surface area contributed by atoms with Gasteiger partial charge in [-0.15, -0.1) is 0 Å². The first-order valence-electron chi connectivity index (χ1n) is 5.06. The molecule has 3 nitrogen and oxygen atoms in total. The fourth-order valence-electron chi connectivity index (χ4n) is 1.40. The van der Waals surface area contributed by atoms with Crippen LogP contribution in [0.25, 0.3) is 6.08 Å². The summed E-state index contributed by atoms with van der Waals surface area (Å²) in [6, 6.07) is 3.57. The molecule has 0 radical (unpaired) electrons. The molecule has 0 spiro atoms. The van der Waals surface area contributed by atoms with Gasteiger partial charge in [-0.1, -0.05) is 35.5 Å². The maximum absolute atomic E-state index is 10.7. The molecule has 17 heavy (non-hydrogen) atoms. The van der Waals surface area contributed by atoms with Crippen LogP contribution in [0.15, 0.2) is 18.2 Å². The van der Waals surface area contributed by atoms with Gasteiger partial charge in [-0.2, -0.15) is 0 Å². The summed E-state index contributed by atoms with van der Waals surface area (Å²) in [5.41, 5.74) is 0.861. The van der Waals surface area contributed by atoms with Crippen molar-refractivity contribution in [1.82, 2.24) is 0 Å². The molecule has 1 aliphatic heterocycles. The summed E-state index contributed by atoms with van der Waals surface area (Å²) < 4.78 is 10.5. The molecule has 0 fully saturated rings. The molecule has 1 aromatic rings. The van der Waals surface area contributed by atoms with E-state index in [1.165, 1.54) is 11.8 Å². The highest BCUT2D eigenvalue weighted by Gasteiger charge is 2.15. The van der Waals surface area contributed by atoms with E-state index >= 15 is 0 Å². The lowest BCUT2D eigenvalue weighted by Gasteiger charge is -2.01. The van der Waals surface area contributed by atoms with Crippen molar-refractivity contribution in [3.63, 3.8) is 0 Å². The Labute approximate surface area is 109 Å². The number of benzene rings is 1. The minimum atomic E-state index is 0.103. The van der Waals surface area contributed by atoms with Crippen molar-refractivity contribution >= 4 is 34.6 Å². The molecular formula is C12H11ClO3S. The highest BCUT2D eigenvalue weighted by Crippen LogP contribution is 2.37. The van der Waals surface area contributed by atoms with Crippen LogP contribution in [0.5, 0.6) is 11.5 Å². The normalized spacial score (nSPS) is 13.3. The van der Waals surface area contributed by atoms with E-state index in [0.717, 1.165) is 5.56 Å². The smallest absolute Gasteiger partial charge is 0.231 e. The third-order valence-corrected chi connectivity index (χ3v) is 3.27. The minimum Gasteiger partial charge on any atom is -0.454 e. The van der Waals surface area contributed by atoms with Crippen LogP contribution in [-0.2, 0) is 4.79 Å². The molecule has 0 saturated carbocycles. The van der Waals surface area contributed by atoms with Gasteiger partial charge in [0.25, 0.3) is 0 Å². The second kappa shape index (κ2) is 5.47. The molecule has 1 aliphatic rings. The molecule has 0 saturated heterocycles. The molecule has 0 amide bonds. The monoisotopic (exact) mass is 270 g/mol. The highest BCUT2D eigenvalue weighted by molar-refractivity contribution is 8.13. The lowest BCUT2D eigenvalue weighted by molar-refractivity contribution is -0.109. The van der Waals surface area contributed by atoms with E-state index in [1.807, 2.05) is 18.2 Å². The Morgan fingerprint density at radius 1 is 1.47 bits per heavy atom. The fraction of sp³-hybridized carbons (Fsp3) is 0.250. The first kappa shape index (κ1) is 12.3. The zero-order valence-corrected chi connectivity index (χ0v) is 10.8. The van der Waals surface area contributed by atoms with Gasteiger partial charge in [0.05, 0.1) is 5.02 Å². The number of carbonyl (C=O) groups is 1. The molecule has 90 valence electrons. The topological polar surface area (TPSA) is 35.5 Å². The van der Waals surface area contributed by atoms with Crippen LogP contribution in [0, 0.1) is 0 Å². The molecular weight excluding hydrogens is 260 g/mol. The minimum absolute atomic E-state index is 0.103. The van der Waals surface area contributed by atoms with Crippen molar-refractivity contribution in [2.24, 2.45) is 0 Å². The molecule has 0 unspecified atom stereocenters. The van der Waals surface area contributed by atoms with Gasteiger partial charge in [0, 0.05) is 18.7 Å². The van der Waals surface area contributed by atoms with Crippen LogP contribution < -0.4 is 9.47 Å². The molecule has 1 aromatic carbocycles. The predicted molar refractivity (Wildman–Crippen MR) is 69.7 cm³/mol. The van der Waals surface area contributed by atoms with E-state index in [4.69, 9.17) is 21.1 Å². The number of ether oxygens (including phenoxy) is 2.